The number of benzene rings is 1. The summed E-state index contributed by atoms with van der Waals surface area (Å²) in [5, 5.41) is 0. The van der Waals surface area contributed by atoms with Gasteiger partial charge in [0.2, 0.25) is 0 Å². The van der Waals surface area contributed by atoms with Gasteiger partial charge in [-0.05, 0) is 51.3 Å². The lowest BCUT2D eigenvalue weighted by Gasteiger charge is -2.41. The van der Waals surface area contributed by atoms with Crippen molar-refractivity contribution in [2.24, 2.45) is 0 Å². The van der Waals surface area contributed by atoms with Crippen LogP contribution in [-0.2, 0) is 10.2 Å². The third-order valence-electron chi connectivity index (χ3n) is 4.91. The molecule has 3 rings (SSSR count). The quantitative estimate of drug-likeness (QED) is 0.826. The minimum atomic E-state index is -0.156. The van der Waals surface area contributed by atoms with Gasteiger partial charge >= 0.3 is 0 Å². The number of ketones is 1. The van der Waals surface area contributed by atoms with E-state index in [0.29, 0.717) is 12.3 Å². The van der Waals surface area contributed by atoms with Gasteiger partial charge in [-0.25, -0.2) is 0 Å². The molecule has 0 radical (unpaired) electrons. The highest BCUT2D eigenvalue weighted by Gasteiger charge is 2.45. The third kappa shape index (κ3) is 2.34. The van der Waals surface area contributed by atoms with Crippen molar-refractivity contribution in [3.63, 3.8) is 0 Å². The number of aryl methyl sites for hydroxylation is 1. The van der Waals surface area contributed by atoms with Gasteiger partial charge in [0.25, 0.3) is 0 Å². The maximum absolute atomic E-state index is 12.7. The van der Waals surface area contributed by atoms with Crippen LogP contribution >= 0.6 is 0 Å². The van der Waals surface area contributed by atoms with E-state index in [9.17, 15) is 4.79 Å². The first-order chi connectivity index (χ1) is 9.21. The minimum absolute atomic E-state index is 0.156. The molecule has 0 bridgehead atoms. The number of hydrogen-bond acceptors (Lipinski definition) is 2. The Morgan fingerprint density at radius 1 is 1.11 bits per heavy atom. The van der Waals surface area contributed by atoms with Gasteiger partial charge in [0.05, 0.1) is 12.0 Å². The third-order valence-corrected chi connectivity index (χ3v) is 4.91. The Labute approximate surface area is 115 Å². The predicted molar refractivity (Wildman–Crippen MR) is 77.4 cm³/mol. The van der Waals surface area contributed by atoms with Crippen LogP contribution in [0.3, 0.4) is 0 Å². The van der Waals surface area contributed by atoms with Crippen LogP contribution in [0.1, 0.15) is 43.2 Å². The summed E-state index contributed by atoms with van der Waals surface area (Å²) in [6.45, 7) is 4.97. The van der Waals surface area contributed by atoms with Crippen molar-refractivity contribution in [2.75, 3.05) is 19.6 Å². The average molecular weight is 257 g/mol. The van der Waals surface area contributed by atoms with Crippen LogP contribution in [0.25, 0.3) is 0 Å². The number of likely N-dealkylation sites (tertiary alicyclic amines) is 1. The van der Waals surface area contributed by atoms with Crippen LogP contribution < -0.4 is 0 Å². The molecule has 1 aliphatic heterocycles. The summed E-state index contributed by atoms with van der Waals surface area (Å²) >= 11 is 0. The summed E-state index contributed by atoms with van der Waals surface area (Å²) in [7, 11) is 0. The zero-order chi connectivity index (χ0) is 13.3. The largest absolute Gasteiger partial charge is 0.297 e. The summed E-state index contributed by atoms with van der Waals surface area (Å²) in [6, 6.07) is 8.60. The molecule has 1 saturated carbocycles. The normalized spacial score (nSPS) is 22.2. The molecule has 0 spiro atoms. The molecule has 1 aliphatic carbocycles. The van der Waals surface area contributed by atoms with E-state index in [2.05, 4.69) is 36.1 Å². The molecule has 2 aliphatic rings. The summed E-state index contributed by atoms with van der Waals surface area (Å²) in [5.74, 6) is 0.449. The van der Waals surface area contributed by atoms with E-state index in [1.165, 1.54) is 30.4 Å². The van der Waals surface area contributed by atoms with Crippen molar-refractivity contribution in [3.8, 4) is 0 Å². The fourth-order valence-corrected chi connectivity index (χ4v) is 3.43. The molecule has 0 atom stereocenters. The van der Waals surface area contributed by atoms with Crippen LogP contribution in [0.15, 0.2) is 24.3 Å². The fraction of sp³-hybridized carbons (Fsp3) is 0.588. The van der Waals surface area contributed by atoms with Crippen molar-refractivity contribution in [1.29, 1.82) is 0 Å². The number of hydrogen-bond donors (Lipinski definition) is 0. The highest BCUT2D eigenvalue weighted by atomic mass is 16.1. The smallest absolute Gasteiger partial charge is 0.157 e. The topological polar surface area (TPSA) is 20.3 Å². The van der Waals surface area contributed by atoms with E-state index in [1.807, 2.05) is 0 Å². The summed E-state index contributed by atoms with van der Waals surface area (Å²) in [4.78, 5) is 15.1. The van der Waals surface area contributed by atoms with E-state index < -0.39 is 0 Å². The van der Waals surface area contributed by atoms with Gasteiger partial charge in [-0.2, -0.15) is 0 Å². The molecule has 2 nitrogen and oxygen atoms in total. The molecule has 0 unspecified atom stereocenters. The molecule has 0 N–H and O–H groups in total. The highest BCUT2D eigenvalue weighted by molar-refractivity contribution is 5.92. The number of carbonyl (C=O) groups is 1. The molecule has 1 heterocycles. The summed E-state index contributed by atoms with van der Waals surface area (Å²) in [5.41, 5.74) is 2.36. The molecule has 0 aromatic heterocycles. The SMILES string of the molecule is Cc1ccc(C2(C(=O)CN3CCCC3)CCC2)cc1. The molecule has 2 fully saturated rings. The first-order valence-electron chi connectivity index (χ1n) is 7.53. The number of rotatable bonds is 4. The lowest BCUT2D eigenvalue weighted by atomic mass is 9.61. The Kier molecular flexibility index (Phi) is 3.44. The molecule has 0 amide bonds. The molecule has 2 heteroatoms. The molecule has 1 saturated heterocycles. The first kappa shape index (κ1) is 12.9. The molecular weight excluding hydrogens is 234 g/mol. The Balaban J connectivity index is 1.78. The van der Waals surface area contributed by atoms with E-state index in [-0.39, 0.29) is 5.41 Å². The highest BCUT2D eigenvalue weighted by Crippen LogP contribution is 2.44. The van der Waals surface area contributed by atoms with E-state index in [1.54, 1.807) is 0 Å². The Morgan fingerprint density at radius 2 is 1.74 bits per heavy atom. The maximum Gasteiger partial charge on any atom is 0.157 e. The lowest BCUT2D eigenvalue weighted by molar-refractivity contribution is -0.128. The minimum Gasteiger partial charge on any atom is -0.297 e. The first-order valence-corrected chi connectivity index (χ1v) is 7.53. The second kappa shape index (κ2) is 5.09. The molecule has 19 heavy (non-hydrogen) atoms. The Morgan fingerprint density at radius 3 is 2.26 bits per heavy atom. The standard InChI is InChI=1S/C17H23NO/c1-14-5-7-15(8-6-14)17(9-4-10-17)16(19)13-18-11-2-3-12-18/h5-8H,2-4,9-13H2,1H3. The summed E-state index contributed by atoms with van der Waals surface area (Å²) < 4.78 is 0. The van der Waals surface area contributed by atoms with Crippen molar-refractivity contribution >= 4 is 5.78 Å². The lowest BCUT2D eigenvalue weighted by Crippen LogP contribution is -2.47. The maximum atomic E-state index is 12.7. The van der Waals surface area contributed by atoms with Gasteiger partial charge in [0, 0.05) is 0 Å². The predicted octanol–water partition coefficient (Wildman–Crippen LogP) is 3.08. The van der Waals surface area contributed by atoms with Crippen molar-refractivity contribution in [3.05, 3.63) is 35.4 Å². The zero-order valence-electron chi connectivity index (χ0n) is 11.8. The Hall–Kier alpha value is -1.15. The van der Waals surface area contributed by atoms with Gasteiger partial charge in [-0.1, -0.05) is 36.2 Å². The van der Waals surface area contributed by atoms with Crippen LogP contribution in [0.4, 0.5) is 0 Å². The number of Topliss-reactive ketones (excluding diaryl/α,β-unsaturated/α-hetero) is 1. The average Bonchev–Trinajstić information content (AvgIpc) is 2.83. The molecule has 1 aromatic carbocycles. The molecule has 1 aromatic rings. The zero-order valence-corrected chi connectivity index (χ0v) is 11.8. The van der Waals surface area contributed by atoms with Gasteiger partial charge in [0.1, 0.15) is 0 Å². The molecular formula is C17H23NO. The second-order valence-electron chi connectivity index (χ2n) is 6.21. The van der Waals surface area contributed by atoms with Crippen molar-refractivity contribution in [2.45, 2.75) is 44.4 Å². The van der Waals surface area contributed by atoms with Crippen LogP contribution in [0, 0.1) is 6.92 Å². The van der Waals surface area contributed by atoms with E-state index in [0.717, 1.165) is 25.9 Å². The van der Waals surface area contributed by atoms with Gasteiger partial charge in [-0.15, -0.1) is 0 Å². The van der Waals surface area contributed by atoms with Crippen LogP contribution in [-0.4, -0.2) is 30.3 Å². The van der Waals surface area contributed by atoms with Crippen LogP contribution in [0.5, 0.6) is 0 Å². The monoisotopic (exact) mass is 257 g/mol. The van der Waals surface area contributed by atoms with Crippen molar-refractivity contribution < 1.29 is 4.79 Å². The van der Waals surface area contributed by atoms with Gasteiger partial charge in [-0.3, -0.25) is 9.69 Å². The van der Waals surface area contributed by atoms with Gasteiger partial charge in [0.15, 0.2) is 5.78 Å². The Bertz CT molecular complexity index is 453. The van der Waals surface area contributed by atoms with Gasteiger partial charge < -0.3 is 0 Å². The number of carbonyl (C=O) groups excluding carboxylic acids is 1. The van der Waals surface area contributed by atoms with Crippen LogP contribution in [0.2, 0.25) is 0 Å². The fourth-order valence-electron chi connectivity index (χ4n) is 3.43. The number of nitrogens with zero attached hydrogens (tertiary/aromatic N) is 1. The van der Waals surface area contributed by atoms with E-state index in [4.69, 9.17) is 0 Å². The molecule has 102 valence electrons. The summed E-state index contributed by atoms with van der Waals surface area (Å²) in [6.07, 6.45) is 5.79. The second-order valence-corrected chi connectivity index (χ2v) is 6.21. The van der Waals surface area contributed by atoms with E-state index >= 15 is 0 Å². The van der Waals surface area contributed by atoms with Crippen molar-refractivity contribution in [1.82, 2.24) is 4.90 Å².